The van der Waals surface area contributed by atoms with E-state index < -0.39 is 0 Å². The molecule has 2 amide bonds. The Morgan fingerprint density at radius 3 is 2.58 bits per heavy atom. The molecule has 5 heteroatoms. The fraction of sp³-hybridized carbons (Fsp3) is 0.524. The minimum absolute atomic E-state index is 0.108. The monoisotopic (exact) mass is 353 g/mol. The van der Waals surface area contributed by atoms with E-state index in [1.165, 1.54) is 12.8 Å². The smallest absolute Gasteiger partial charge is 0.256 e. The van der Waals surface area contributed by atoms with Crippen LogP contribution >= 0.6 is 0 Å². The highest BCUT2D eigenvalue weighted by Gasteiger charge is 2.28. The van der Waals surface area contributed by atoms with Crippen LogP contribution in [-0.4, -0.2) is 41.3 Å². The van der Waals surface area contributed by atoms with Crippen molar-refractivity contribution < 1.29 is 9.59 Å². The van der Waals surface area contributed by atoms with E-state index in [4.69, 9.17) is 0 Å². The number of amides is 2. The molecule has 1 saturated heterocycles. The van der Waals surface area contributed by atoms with Crippen LogP contribution in [0.3, 0.4) is 0 Å². The van der Waals surface area contributed by atoms with E-state index in [0.29, 0.717) is 12.3 Å². The average molecular weight is 353 g/mol. The second-order valence-corrected chi connectivity index (χ2v) is 7.86. The Balaban J connectivity index is 1.34. The number of para-hydroxylation sites is 1. The van der Waals surface area contributed by atoms with E-state index in [9.17, 15) is 9.59 Å². The number of carbonyl (C=O) groups excluding carboxylic acids is 2. The number of rotatable bonds is 5. The molecular weight excluding hydrogens is 326 g/mol. The van der Waals surface area contributed by atoms with Gasteiger partial charge in [0, 0.05) is 42.7 Å². The van der Waals surface area contributed by atoms with Crippen molar-refractivity contribution in [2.45, 2.75) is 39.0 Å². The Hall–Kier alpha value is -2.30. The number of likely N-dealkylation sites (tertiary alicyclic amines) is 1. The normalized spacial score (nSPS) is 18.3. The van der Waals surface area contributed by atoms with E-state index in [1.807, 2.05) is 36.1 Å². The number of aromatic nitrogens is 1. The van der Waals surface area contributed by atoms with Crippen molar-refractivity contribution in [1.82, 2.24) is 15.2 Å². The van der Waals surface area contributed by atoms with Gasteiger partial charge in [0.05, 0.1) is 5.56 Å². The molecule has 1 aromatic heterocycles. The molecule has 0 atom stereocenters. The predicted octanol–water partition coefficient (Wildman–Crippen LogP) is 3.24. The fourth-order valence-electron chi connectivity index (χ4n) is 3.97. The van der Waals surface area contributed by atoms with Gasteiger partial charge in [0.2, 0.25) is 5.91 Å². The van der Waals surface area contributed by atoms with Crippen molar-refractivity contribution in [3.05, 3.63) is 35.5 Å². The van der Waals surface area contributed by atoms with Crippen molar-refractivity contribution >= 4 is 22.7 Å². The first-order chi connectivity index (χ1) is 12.6. The lowest BCUT2D eigenvalue weighted by atomic mass is 9.92. The number of nitrogens with zero attached hydrogens (tertiary/aromatic N) is 1. The quantitative estimate of drug-likeness (QED) is 0.867. The van der Waals surface area contributed by atoms with Crippen LogP contribution in [0, 0.1) is 18.8 Å². The summed E-state index contributed by atoms with van der Waals surface area (Å²) in [7, 11) is 0. The second kappa shape index (κ2) is 7.14. The summed E-state index contributed by atoms with van der Waals surface area (Å²) >= 11 is 0. The van der Waals surface area contributed by atoms with E-state index in [0.717, 1.165) is 60.6 Å². The number of nitrogens with one attached hydrogen (secondary N) is 2. The number of aryl methyl sites for hydroxylation is 1. The Morgan fingerprint density at radius 1 is 1.12 bits per heavy atom. The predicted molar refractivity (Wildman–Crippen MR) is 102 cm³/mol. The van der Waals surface area contributed by atoms with Crippen LogP contribution in [0.5, 0.6) is 0 Å². The Labute approximate surface area is 154 Å². The van der Waals surface area contributed by atoms with Crippen LogP contribution in [0.25, 0.3) is 10.9 Å². The maximum Gasteiger partial charge on any atom is 0.256 e. The Morgan fingerprint density at radius 2 is 1.85 bits per heavy atom. The number of hydrogen-bond acceptors (Lipinski definition) is 2. The van der Waals surface area contributed by atoms with Crippen LogP contribution in [0.1, 0.15) is 48.2 Å². The zero-order valence-corrected chi connectivity index (χ0v) is 15.4. The largest absolute Gasteiger partial charge is 0.358 e. The van der Waals surface area contributed by atoms with Crippen LogP contribution in [-0.2, 0) is 4.79 Å². The third kappa shape index (κ3) is 3.62. The summed E-state index contributed by atoms with van der Waals surface area (Å²) in [4.78, 5) is 30.3. The van der Waals surface area contributed by atoms with E-state index in [1.54, 1.807) is 0 Å². The van der Waals surface area contributed by atoms with Gasteiger partial charge in [-0.3, -0.25) is 9.59 Å². The van der Waals surface area contributed by atoms with Crippen LogP contribution < -0.4 is 5.32 Å². The van der Waals surface area contributed by atoms with Gasteiger partial charge in [-0.05, 0) is 50.5 Å². The molecule has 138 valence electrons. The lowest BCUT2D eigenvalue weighted by Crippen LogP contribution is -2.40. The highest BCUT2D eigenvalue weighted by atomic mass is 16.2. The summed E-state index contributed by atoms with van der Waals surface area (Å²) in [5.41, 5.74) is 2.73. The first-order valence-corrected chi connectivity index (χ1v) is 9.75. The highest BCUT2D eigenvalue weighted by molar-refractivity contribution is 6.08. The molecule has 2 N–H and O–H groups in total. The molecule has 2 heterocycles. The number of carbonyl (C=O) groups is 2. The van der Waals surface area contributed by atoms with Gasteiger partial charge in [-0.15, -0.1) is 0 Å². The molecule has 0 radical (unpaired) electrons. The van der Waals surface area contributed by atoms with E-state index >= 15 is 0 Å². The van der Waals surface area contributed by atoms with Gasteiger partial charge in [-0.25, -0.2) is 0 Å². The maximum absolute atomic E-state index is 13.0. The minimum Gasteiger partial charge on any atom is -0.358 e. The van der Waals surface area contributed by atoms with Crippen molar-refractivity contribution in [2.24, 2.45) is 11.8 Å². The van der Waals surface area contributed by atoms with E-state index in [2.05, 4.69) is 10.3 Å². The lowest BCUT2D eigenvalue weighted by Gasteiger charge is -2.32. The number of benzene rings is 1. The fourth-order valence-corrected chi connectivity index (χ4v) is 3.97. The summed E-state index contributed by atoms with van der Waals surface area (Å²) in [6, 6.07) is 7.96. The summed E-state index contributed by atoms with van der Waals surface area (Å²) in [6.07, 6.45) is 4.93. The zero-order chi connectivity index (χ0) is 18.1. The standard InChI is InChI=1S/C21H27N3O2/c1-14-20(17-4-2-3-5-18(17)23-14)21(26)24-10-8-15(9-11-24)12-19(25)22-13-16-6-7-16/h2-5,15-16,23H,6-13H2,1H3,(H,22,25). The molecule has 1 aliphatic carbocycles. The lowest BCUT2D eigenvalue weighted by molar-refractivity contribution is -0.122. The van der Waals surface area contributed by atoms with Gasteiger partial charge >= 0.3 is 0 Å². The SMILES string of the molecule is Cc1[nH]c2ccccc2c1C(=O)N1CCC(CC(=O)NCC2CC2)CC1. The third-order valence-electron chi connectivity index (χ3n) is 5.77. The van der Waals surface area contributed by atoms with Crippen LogP contribution in [0.15, 0.2) is 24.3 Å². The third-order valence-corrected chi connectivity index (χ3v) is 5.77. The summed E-state index contributed by atoms with van der Waals surface area (Å²) in [6.45, 7) is 4.27. The molecule has 4 rings (SSSR count). The topological polar surface area (TPSA) is 65.2 Å². The molecule has 2 aliphatic rings. The number of H-pyrrole nitrogens is 1. The summed E-state index contributed by atoms with van der Waals surface area (Å²) in [5.74, 6) is 1.39. The average Bonchev–Trinajstić information content (AvgIpc) is 3.41. The molecule has 5 nitrogen and oxygen atoms in total. The molecule has 0 unspecified atom stereocenters. The Kier molecular flexibility index (Phi) is 4.70. The second-order valence-electron chi connectivity index (χ2n) is 7.86. The number of hydrogen-bond donors (Lipinski definition) is 2. The number of fused-ring (bicyclic) bond motifs is 1. The zero-order valence-electron chi connectivity index (χ0n) is 15.4. The van der Waals surface area contributed by atoms with Gasteiger partial charge in [0.25, 0.3) is 5.91 Å². The molecular formula is C21H27N3O2. The molecule has 1 aromatic carbocycles. The van der Waals surface area contributed by atoms with E-state index in [-0.39, 0.29) is 11.8 Å². The molecule has 1 saturated carbocycles. The molecule has 0 bridgehead atoms. The molecule has 26 heavy (non-hydrogen) atoms. The van der Waals surface area contributed by atoms with Crippen LogP contribution in [0.4, 0.5) is 0 Å². The Bertz CT molecular complexity index is 814. The van der Waals surface area contributed by atoms with Crippen molar-refractivity contribution in [2.75, 3.05) is 19.6 Å². The van der Waals surface area contributed by atoms with Gasteiger partial charge in [-0.2, -0.15) is 0 Å². The molecule has 2 fully saturated rings. The highest BCUT2D eigenvalue weighted by Crippen LogP contribution is 2.28. The minimum atomic E-state index is 0.108. The molecule has 0 spiro atoms. The first-order valence-electron chi connectivity index (χ1n) is 9.75. The number of aromatic amines is 1. The van der Waals surface area contributed by atoms with Crippen molar-refractivity contribution in [1.29, 1.82) is 0 Å². The van der Waals surface area contributed by atoms with Gasteiger partial charge in [0.1, 0.15) is 0 Å². The molecule has 1 aliphatic heterocycles. The van der Waals surface area contributed by atoms with Gasteiger partial charge in [-0.1, -0.05) is 18.2 Å². The number of piperidine rings is 1. The molecule has 2 aromatic rings. The van der Waals surface area contributed by atoms with Gasteiger partial charge < -0.3 is 15.2 Å². The summed E-state index contributed by atoms with van der Waals surface area (Å²) in [5, 5.41) is 4.05. The van der Waals surface area contributed by atoms with Crippen molar-refractivity contribution in [3.8, 4) is 0 Å². The maximum atomic E-state index is 13.0. The summed E-state index contributed by atoms with van der Waals surface area (Å²) < 4.78 is 0. The van der Waals surface area contributed by atoms with Crippen LogP contribution in [0.2, 0.25) is 0 Å². The first kappa shape index (κ1) is 17.1. The van der Waals surface area contributed by atoms with Gasteiger partial charge in [0.15, 0.2) is 0 Å². The van der Waals surface area contributed by atoms with Crippen molar-refractivity contribution in [3.63, 3.8) is 0 Å².